The smallest absolute Gasteiger partial charge is 0.306 e. The number of phosphoric ester groups is 1. The van der Waals surface area contributed by atoms with Gasteiger partial charge in [0.2, 0.25) is 0 Å². The summed E-state index contributed by atoms with van der Waals surface area (Å²) in [6.45, 7) is 3.88. The van der Waals surface area contributed by atoms with Gasteiger partial charge in [-0.1, -0.05) is 125 Å². The number of esters is 2. The lowest BCUT2D eigenvalue weighted by Gasteiger charge is -2.28. The molecule has 1 N–H and O–H groups in total. The van der Waals surface area contributed by atoms with Gasteiger partial charge in [-0.3, -0.25) is 14.2 Å². The minimum Gasteiger partial charge on any atom is -0.756 e. The van der Waals surface area contributed by atoms with Crippen LogP contribution < -0.4 is 4.89 Å². The van der Waals surface area contributed by atoms with E-state index in [1.54, 1.807) is 0 Å². The van der Waals surface area contributed by atoms with Gasteiger partial charge in [0, 0.05) is 12.8 Å². The van der Waals surface area contributed by atoms with Crippen LogP contribution in [0.5, 0.6) is 0 Å². The monoisotopic (exact) mass is 822 g/mol. The molecule has 328 valence electrons. The van der Waals surface area contributed by atoms with Gasteiger partial charge >= 0.3 is 11.9 Å². The van der Waals surface area contributed by atoms with E-state index in [4.69, 9.17) is 18.5 Å². The summed E-state index contributed by atoms with van der Waals surface area (Å²) in [5.74, 6) is -0.944. The number of hydrogen-bond donors (Lipinski definition) is 1. The van der Waals surface area contributed by atoms with Crippen LogP contribution in [0.25, 0.3) is 0 Å². The van der Waals surface area contributed by atoms with Crippen LogP contribution in [-0.2, 0) is 32.7 Å². The van der Waals surface area contributed by atoms with Crippen LogP contribution >= 0.6 is 7.82 Å². The van der Waals surface area contributed by atoms with Crippen molar-refractivity contribution < 1.29 is 47.2 Å². The van der Waals surface area contributed by atoms with Gasteiger partial charge in [0.1, 0.15) is 19.8 Å². The Morgan fingerprint density at radius 3 is 1.72 bits per heavy atom. The molecule has 0 fully saturated rings. The molecule has 0 radical (unpaired) electrons. The van der Waals surface area contributed by atoms with Crippen LogP contribution in [0, 0.1) is 0 Å². The van der Waals surface area contributed by atoms with Crippen molar-refractivity contribution in [2.24, 2.45) is 0 Å². The molecule has 0 aromatic carbocycles. The number of allylic oxidation sites excluding steroid dienone is 11. The molecule has 57 heavy (non-hydrogen) atoms. The molecule has 0 aromatic heterocycles. The third kappa shape index (κ3) is 41.4. The number of nitrogens with zero attached hydrogens (tertiary/aromatic N) is 1. The Balaban J connectivity index is 4.53. The second kappa shape index (κ2) is 37.7. The molecule has 3 atom stereocenters. The first-order valence-electron chi connectivity index (χ1n) is 21.7. The Morgan fingerprint density at radius 2 is 1.14 bits per heavy atom. The molecule has 0 heterocycles. The number of phosphoric acid groups is 1. The summed E-state index contributed by atoms with van der Waals surface area (Å²) in [5, 5.41) is 9.73. The van der Waals surface area contributed by atoms with Crippen molar-refractivity contribution in [1.29, 1.82) is 0 Å². The summed E-state index contributed by atoms with van der Waals surface area (Å²) in [5.41, 5.74) is 0. The SMILES string of the molecule is CCCCC/C=C\C/C=C\CCCCCCCC(=O)OC[C@H](COP(=O)([O-])OCC[N+](C)(C)C)OC(=O)CCC/C=C\C/C=C\C/C=C\C/C=C\CC(O)CCC. The first-order chi connectivity index (χ1) is 27.4. The van der Waals surface area contributed by atoms with Crippen LogP contribution in [0.1, 0.15) is 149 Å². The molecular formula is C46H80NO9P. The molecule has 0 bridgehead atoms. The van der Waals surface area contributed by atoms with E-state index in [0.29, 0.717) is 36.7 Å². The molecule has 0 saturated carbocycles. The fourth-order valence-electron chi connectivity index (χ4n) is 5.34. The molecule has 11 heteroatoms. The number of ether oxygens (including phenoxy) is 2. The van der Waals surface area contributed by atoms with Crippen molar-refractivity contribution in [2.75, 3.05) is 47.5 Å². The Bertz CT molecular complexity index is 1220. The summed E-state index contributed by atoms with van der Waals surface area (Å²) in [7, 11) is 1.09. The van der Waals surface area contributed by atoms with Crippen LogP contribution in [0.2, 0.25) is 0 Å². The number of aliphatic hydroxyl groups excluding tert-OH is 1. The topological polar surface area (TPSA) is 131 Å². The van der Waals surface area contributed by atoms with E-state index in [1.807, 2.05) is 39.4 Å². The van der Waals surface area contributed by atoms with Gasteiger partial charge in [-0.15, -0.1) is 0 Å². The maximum atomic E-state index is 12.6. The minimum atomic E-state index is -4.65. The average molecular weight is 822 g/mol. The standard InChI is InChI=1S/C46H80NO9P/c1-6-8-9-10-11-12-13-14-15-18-21-24-27-30-33-37-45(49)53-41-44(42-55-57(51,52)54-40-39-47(3,4)5)56-46(50)38-34-31-28-25-22-19-16-17-20-23-26-29-32-36-43(48)35-7-2/h11-12,14-16,19-20,23,25,28-29,32,43-44,48H,6-10,13,17-18,21-22,24,26-27,30-31,33-42H2,1-5H3/b12-11-,15-14-,19-16-,23-20-,28-25-,32-29-/t43?,44-/m1/s1. The fraction of sp³-hybridized carbons (Fsp3) is 0.696. The first-order valence-corrected chi connectivity index (χ1v) is 23.2. The van der Waals surface area contributed by atoms with Crippen LogP contribution in [0.3, 0.4) is 0 Å². The van der Waals surface area contributed by atoms with Gasteiger partial charge in [-0.25, -0.2) is 0 Å². The van der Waals surface area contributed by atoms with E-state index in [1.165, 1.54) is 25.7 Å². The van der Waals surface area contributed by atoms with Crippen LogP contribution in [0.15, 0.2) is 72.9 Å². The Kier molecular flexibility index (Phi) is 36.0. The summed E-state index contributed by atoms with van der Waals surface area (Å²) < 4.78 is 33.8. The second-order valence-corrected chi connectivity index (χ2v) is 16.9. The molecule has 0 rings (SSSR count). The predicted molar refractivity (Wildman–Crippen MR) is 232 cm³/mol. The molecule has 0 amide bonds. The van der Waals surface area contributed by atoms with Gasteiger partial charge in [0.05, 0.1) is 33.9 Å². The third-order valence-corrected chi connectivity index (χ3v) is 9.72. The van der Waals surface area contributed by atoms with Crippen molar-refractivity contribution in [1.82, 2.24) is 0 Å². The van der Waals surface area contributed by atoms with Gasteiger partial charge in [0.25, 0.3) is 7.82 Å². The number of rotatable bonds is 38. The molecule has 0 saturated heterocycles. The number of carbonyl (C=O) groups excluding carboxylic acids is 2. The molecule has 10 nitrogen and oxygen atoms in total. The van der Waals surface area contributed by atoms with E-state index in [-0.39, 0.29) is 32.2 Å². The van der Waals surface area contributed by atoms with Gasteiger partial charge in [0.15, 0.2) is 6.10 Å². The maximum absolute atomic E-state index is 12.6. The molecule has 0 spiro atoms. The van der Waals surface area contributed by atoms with Crippen LogP contribution in [-0.4, -0.2) is 81.2 Å². The number of aliphatic hydroxyl groups is 1. The lowest BCUT2D eigenvalue weighted by molar-refractivity contribution is -0.870. The number of unbranched alkanes of at least 4 members (excludes halogenated alkanes) is 9. The third-order valence-electron chi connectivity index (χ3n) is 8.75. The number of hydrogen-bond acceptors (Lipinski definition) is 9. The quantitative estimate of drug-likeness (QED) is 0.0213. The number of quaternary nitrogens is 1. The lowest BCUT2D eigenvalue weighted by atomic mass is 10.1. The van der Waals surface area contributed by atoms with Gasteiger partial charge in [-0.2, -0.15) is 0 Å². The van der Waals surface area contributed by atoms with Crippen molar-refractivity contribution in [3.05, 3.63) is 72.9 Å². The second-order valence-electron chi connectivity index (χ2n) is 15.5. The van der Waals surface area contributed by atoms with Gasteiger partial charge < -0.3 is 33.0 Å². The molecule has 0 aliphatic carbocycles. The predicted octanol–water partition coefficient (Wildman–Crippen LogP) is 10.6. The summed E-state index contributed by atoms with van der Waals surface area (Å²) in [6.07, 6.45) is 42.8. The number of likely N-dealkylation sites (N-methyl/N-ethyl adjacent to an activating group) is 1. The summed E-state index contributed by atoms with van der Waals surface area (Å²) in [6, 6.07) is 0. The Labute approximate surface area is 347 Å². The zero-order chi connectivity index (χ0) is 42.3. The molecule has 2 unspecified atom stereocenters. The van der Waals surface area contributed by atoms with E-state index >= 15 is 0 Å². The summed E-state index contributed by atoms with van der Waals surface area (Å²) in [4.78, 5) is 37.5. The highest BCUT2D eigenvalue weighted by Crippen LogP contribution is 2.38. The fourth-order valence-corrected chi connectivity index (χ4v) is 6.07. The molecule has 0 aromatic rings. The number of carbonyl (C=O) groups is 2. The molecule has 0 aliphatic heterocycles. The van der Waals surface area contributed by atoms with Crippen molar-refractivity contribution in [3.8, 4) is 0 Å². The van der Waals surface area contributed by atoms with Crippen LogP contribution in [0.4, 0.5) is 0 Å². The Morgan fingerprint density at radius 1 is 0.632 bits per heavy atom. The van der Waals surface area contributed by atoms with Crippen molar-refractivity contribution in [3.63, 3.8) is 0 Å². The summed E-state index contributed by atoms with van der Waals surface area (Å²) >= 11 is 0. The van der Waals surface area contributed by atoms with E-state index < -0.39 is 32.5 Å². The minimum absolute atomic E-state index is 0.0538. The highest BCUT2D eigenvalue weighted by Gasteiger charge is 2.21. The van der Waals surface area contributed by atoms with E-state index in [0.717, 1.165) is 70.6 Å². The van der Waals surface area contributed by atoms with E-state index in [9.17, 15) is 24.2 Å². The highest BCUT2D eigenvalue weighted by atomic mass is 31.2. The lowest BCUT2D eigenvalue weighted by Crippen LogP contribution is -2.37. The zero-order valence-electron chi connectivity index (χ0n) is 36.4. The Hall–Kier alpha value is -2.59. The average Bonchev–Trinajstić information content (AvgIpc) is 3.15. The van der Waals surface area contributed by atoms with Crippen molar-refractivity contribution >= 4 is 19.8 Å². The van der Waals surface area contributed by atoms with Gasteiger partial charge in [-0.05, 0) is 83.5 Å². The largest absolute Gasteiger partial charge is 0.756 e. The highest BCUT2D eigenvalue weighted by molar-refractivity contribution is 7.45. The normalized spacial score (nSPS) is 14.9. The zero-order valence-corrected chi connectivity index (χ0v) is 37.3. The molecule has 0 aliphatic rings. The maximum Gasteiger partial charge on any atom is 0.306 e. The van der Waals surface area contributed by atoms with Crippen molar-refractivity contribution in [2.45, 2.75) is 161 Å². The molecular weight excluding hydrogens is 741 g/mol. The first kappa shape index (κ1) is 54.4. The van der Waals surface area contributed by atoms with E-state index in [2.05, 4.69) is 68.5 Å².